The highest BCUT2D eigenvalue weighted by atomic mass is 32.1. The Morgan fingerprint density at radius 3 is 2.96 bits per heavy atom. The monoisotopic (exact) mass is 377 g/mol. The van der Waals surface area contributed by atoms with E-state index in [4.69, 9.17) is 14.1 Å². The Hall–Kier alpha value is -3.06. The molecule has 1 aliphatic carbocycles. The number of aromatic nitrogens is 3. The molecule has 0 atom stereocenters. The van der Waals surface area contributed by atoms with E-state index in [1.807, 2.05) is 41.8 Å². The lowest BCUT2D eigenvalue weighted by Gasteiger charge is -2.11. The lowest BCUT2D eigenvalue weighted by atomic mass is 10.0. The van der Waals surface area contributed by atoms with E-state index < -0.39 is 0 Å². The predicted molar refractivity (Wildman–Crippen MR) is 100 cm³/mol. The second-order valence-corrected chi connectivity index (χ2v) is 7.28. The van der Waals surface area contributed by atoms with Gasteiger partial charge in [0.1, 0.15) is 0 Å². The number of thiophene rings is 1. The van der Waals surface area contributed by atoms with Crippen LogP contribution >= 0.6 is 11.3 Å². The van der Waals surface area contributed by atoms with Gasteiger partial charge in [-0.1, -0.05) is 24.3 Å². The summed E-state index contributed by atoms with van der Waals surface area (Å²) in [5.74, 6) is 0.343. The summed E-state index contributed by atoms with van der Waals surface area (Å²) in [5, 5.41) is 10.7. The van der Waals surface area contributed by atoms with Gasteiger partial charge in [0.15, 0.2) is 6.61 Å². The van der Waals surface area contributed by atoms with Gasteiger partial charge in [-0.2, -0.15) is 0 Å². The van der Waals surface area contributed by atoms with E-state index in [9.17, 15) is 4.79 Å². The van der Waals surface area contributed by atoms with Gasteiger partial charge in [-0.25, -0.2) is 4.79 Å². The normalized spacial score (nSPS) is 13.0. The van der Waals surface area contributed by atoms with Crippen LogP contribution in [0.15, 0.2) is 46.2 Å². The number of rotatable bonds is 4. The van der Waals surface area contributed by atoms with E-state index in [1.54, 1.807) is 0 Å². The fourth-order valence-electron chi connectivity index (χ4n) is 3.46. The van der Waals surface area contributed by atoms with Gasteiger partial charge in [0.05, 0.1) is 16.0 Å². The third-order valence-electron chi connectivity index (χ3n) is 4.65. The quantitative estimate of drug-likeness (QED) is 0.496. The molecular weight excluding hydrogens is 362 g/mol. The van der Waals surface area contributed by atoms with Crippen LogP contribution < -0.4 is 0 Å². The highest BCUT2D eigenvalue weighted by Gasteiger charge is 2.25. The van der Waals surface area contributed by atoms with Crippen LogP contribution in [-0.4, -0.2) is 21.2 Å². The number of pyridine rings is 1. The topological polar surface area (TPSA) is 78.1 Å². The standard InChI is InChI=1S/C20H15N3O3S/c24-20(25-11-17-22-23-19(26-17)16-9-4-10-27-16)18-12-5-1-2-7-14(12)21-15-8-3-6-13(15)18/h1-2,4-5,7,9-10H,3,6,8,11H2. The largest absolute Gasteiger partial charge is 0.452 e. The minimum absolute atomic E-state index is 0.0529. The molecule has 0 spiro atoms. The number of para-hydroxylation sites is 1. The van der Waals surface area contributed by atoms with Gasteiger partial charge in [-0.15, -0.1) is 21.5 Å². The first-order chi connectivity index (χ1) is 13.3. The van der Waals surface area contributed by atoms with E-state index in [0.717, 1.165) is 46.3 Å². The van der Waals surface area contributed by atoms with Crippen LogP contribution in [0.4, 0.5) is 0 Å². The molecule has 4 aromatic rings. The minimum atomic E-state index is -0.373. The molecule has 0 N–H and O–H groups in total. The van der Waals surface area contributed by atoms with Crippen molar-refractivity contribution in [2.45, 2.75) is 25.9 Å². The van der Waals surface area contributed by atoms with Crippen LogP contribution in [-0.2, 0) is 24.2 Å². The van der Waals surface area contributed by atoms with Crippen molar-refractivity contribution in [1.29, 1.82) is 0 Å². The third-order valence-corrected chi connectivity index (χ3v) is 5.51. The average molecular weight is 377 g/mol. The number of esters is 1. The Morgan fingerprint density at radius 2 is 2.07 bits per heavy atom. The van der Waals surface area contributed by atoms with Crippen molar-refractivity contribution in [3.05, 3.63) is 64.5 Å². The molecule has 7 heteroatoms. The fraction of sp³-hybridized carbons (Fsp3) is 0.200. The maximum atomic E-state index is 12.9. The summed E-state index contributed by atoms with van der Waals surface area (Å²) in [6.07, 6.45) is 2.75. The Labute approximate surface area is 158 Å². The lowest BCUT2D eigenvalue weighted by Crippen LogP contribution is -2.10. The maximum absolute atomic E-state index is 12.9. The molecular formula is C20H15N3O3S. The van der Waals surface area contributed by atoms with Crippen molar-refractivity contribution < 1.29 is 13.9 Å². The van der Waals surface area contributed by atoms with Crippen LogP contribution in [0.3, 0.4) is 0 Å². The van der Waals surface area contributed by atoms with Gasteiger partial charge in [0.2, 0.25) is 0 Å². The molecule has 5 rings (SSSR count). The SMILES string of the molecule is O=C(OCc1nnc(-c2cccs2)o1)c1c2c(nc3ccccc13)CCC2. The van der Waals surface area contributed by atoms with Crippen molar-refractivity contribution in [2.24, 2.45) is 0 Å². The number of benzene rings is 1. The molecule has 0 fully saturated rings. The van der Waals surface area contributed by atoms with Crippen LogP contribution in [0.5, 0.6) is 0 Å². The molecule has 3 aromatic heterocycles. The third kappa shape index (κ3) is 2.90. The van der Waals surface area contributed by atoms with Crippen molar-refractivity contribution in [1.82, 2.24) is 15.2 Å². The number of carbonyl (C=O) groups is 1. The Bertz CT molecular complexity index is 1130. The Balaban J connectivity index is 1.42. The zero-order valence-corrected chi connectivity index (χ0v) is 15.2. The molecule has 1 aromatic carbocycles. The van der Waals surface area contributed by atoms with Gasteiger partial charge < -0.3 is 9.15 Å². The molecule has 0 unspecified atom stereocenters. The molecule has 1 aliphatic rings. The van der Waals surface area contributed by atoms with Crippen LogP contribution in [0, 0.1) is 0 Å². The number of hydrogen-bond donors (Lipinski definition) is 0. The van der Waals surface area contributed by atoms with E-state index in [1.165, 1.54) is 11.3 Å². The van der Waals surface area contributed by atoms with Gasteiger partial charge in [-0.3, -0.25) is 4.98 Å². The van der Waals surface area contributed by atoms with E-state index in [-0.39, 0.29) is 18.5 Å². The second kappa shape index (κ2) is 6.59. The maximum Gasteiger partial charge on any atom is 0.339 e. The molecule has 0 aliphatic heterocycles. The second-order valence-electron chi connectivity index (χ2n) is 6.34. The molecule has 134 valence electrons. The molecule has 0 saturated heterocycles. The molecule has 0 amide bonds. The first-order valence-electron chi connectivity index (χ1n) is 8.73. The first-order valence-corrected chi connectivity index (χ1v) is 9.61. The van der Waals surface area contributed by atoms with Crippen molar-refractivity contribution in [3.8, 4) is 10.8 Å². The average Bonchev–Trinajstić information content (AvgIpc) is 3.45. The number of fused-ring (bicyclic) bond motifs is 2. The van der Waals surface area contributed by atoms with Gasteiger partial charge >= 0.3 is 5.97 Å². The molecule has 0 bridgehead atoms. The number of nitrogens with zero attached hydrogens (tertiary/aromatic N) is 3. The highest BCUT2D eigenvalue weighted by molar-refractivity contribution is 7.13. The number of hydrogen-bond acceptors (Lipinski definition) is 7. The van der Waals surface area contributed by atoms with Crippen molar-refractivity contribution in [2.75, 3.05) is 0 Å². The van der Waals surface area contributed by atoms with Crippen LogP contribution in [0.1, 0.15) is 33.9 Å². The summed E-state index contributed by atoms with van der Waals surface area (Å²) < 4.78 is 11.1. The van der Waals surface area contributed by atoms with E-state index in [0.29, 0.717) is 11.5 Å². The lowest BCUT2D eigenvalue weighted by molar-refractivity contribution is 0.0440. The summed E-state index contributed by atoms with van der Waals surface area (Å²) in [4.78, 5) is 18.5. The minimum Gasteiger partial charge on any atom is -0.452 e. The van der Waals surface area contributed by atoms with Crippen LogP contribution in [0.25, 0.3) is 21.7 Å². The summed E-state index contributed by atoms with van der Waals surface area (Å²) >= 11 is 1.51. The number of carbonyl (C=O) groups excluding carboxylic acids is 1. The summed E-state index contributed by atoms with van der Waals surface area (Å²) in [6.45, 7) is -0.0529. The predicted octanol–water partition coefficient (Wildman–Crippen LogP) is 4.19. The van der Waals surface area contributed by atoms with Gasteiger partial charge in [-0.05, 0) is 42.3 Å². The molecule has 27 heavy (non-hydrogen) atoms. The zero-order chi connectivity index (χ0) is 18.2. The molecule has 0 radical (unpaired) electrons. The van der Waals surface area contributed by atoms with Gasteiger partial charge in [0, 0.05) is 11.1 Å². The van der Waals surface area contributed by atoms with E-state index in [2.05, 4.69) is 10.2 Å². The van der Waals surface area contributed by atoms with Crippen molar-refractivity contribution >= 4 is 28.2 Å². The first kappa shape index (κ1) is 16.1. The molecule has 3 heterocycles. The van der Waals surface area contributed by atoms with Crippen molar-refractivity contribution in [3.63, 3.8) is 0 Å². The van der Waals surface area contributed by atoms with E-state index >= 15 is 0 Å². The number of ether oxygens (including phenoxy) is 1. The summed E-state index contributed by atoms with van der Waals surface area (Å²) in [7, 11) is 0. The highest BCUT2D eigenvalue weighted by Crippen LogP contribution is 2.30. The Morgan fingerprint density at radius 1 is 1.15 bits per heavy atom. The molecule has 6 nitrogen and oxygen atoms in total. The fourth-order valence-corrected chi connectivity index (χ4v) is 4.10. The number of aryl methyl sites for hydroxylation is 1. The smallest absolute Gasteiger partial charge is 0.339 e. The Kier molecular flexibility index (Phi) is 3.94. The van der Waals surface area contributed by atoms with Crippen LogP contribution in [0.2, 0.25) is 0 Å². The summed E-state index contributed by atoms with van der Waals surface area (Å²) in [5.41, 5.74) is 3.44. The molecule has 0 saturated carbocycles. The zero-order valence-electron chi connectivity index (χ0n) is 14.3. The summed E-state index contributed by atoms with van der Waals surface area (Å²) in [6, 6.07) is 11.5. The van der Waals surface area contributed by atoms with Gasteiger partial charge in [0.25, 0.3) is 11.8 Å².